The standard InChI is InChI=1S/C28H35N7O4/c1-5-6-7-9-19-11-12-22-27(31-28(32-35(19)22)34-13-8-10-20(34)17-36)30-25-16-33(18-29-25)21-14-23(37-2)26(39-4)24(15-21)38-3/h7,9,11-12,14-16,18,20,36H,5-6,8,10,13,17H2,1-4H3,(H,30,31,32)/t20-/m0/s1. The summed E-state index contributed by atoms with van der Waals surface area (Å²) >= 11 is 0. The predicted octanol–water partition coefficient (Wildman–Crippen LogP) is 4.46. The van der Waals surface area contributed by atoms with Crippen LogP contribution >= 0.6 is 0 Å². The van der Waals surface area contributed by atoms with E-state index in [-0.39, 0.29) is 12.6 Å². The van der Waals surface area contributed by atoms with E-state index in [0.717, 1.165) is 49.1 Å². The predicted molar refractivity (Wildman–Crippen MR) is 151 cm³/mol. The molecular formula is C28H35N7O4. The van der Waals surface area contributed by atoms with Gasteiger partial charge in [0.25, 0.3) is 0 Å². The van der Waals surface area contributed by atoms with Crippen molar-refractivity contribution in [2.75, 3.05) is 44.7 Å². The first kappa shape index (κ1) is 26.4. The van der Waals surface area contributed by atoms with Gasteiger partial charge in [-0.15, -0.1) is 5.10 Å². The summed E-state index contributed by atoms with van der Waals surface area (Å²) in [5.74, 6) is 3.45. The van der Waals surface area contributed by atoms with Crippen LogP contribution in [0, 0.1) is 0 Å². The molecule has 0 amide bonds. The van der Waals surface area contributed by atoms with Gasteiger partial charge in [-0.1, -0.05) is 19.4 Å². The molecule has 2 N–H and O–H groups in total. The molecule has 4 aromatic rings. The zero-order valence-electron chi connectivity index (χ0n) is 22.8. The van der Waals surface area contributed by atoms with E-state index in [1.54, 1.807) is 27.7 Å². The average Bonchev–Trinajstić information content (AvgIpc) is 3.72. The molecule has 206 valence electrons. The molecule has 0 aliphatic carbocycles. The van der Waals surface area contributed by atoms with Gasteiger partial charge in [-0.25, -0.2) is 9.50 Å². The number of nitrogens with one attached hydrogen (secondary N) is 1. The molecule has 1 aromatic carbocycles. The molecule has 39 heavy (non-hydrogen) atoms. The van der Waals surface area contributed by atoms with E-state index in [1.807, 2.05) is 39.5 Å². The molecule has 5 rings (SSSR count). The van der Waals surface area contributed by atoms with Crippen molar-refractivity contribution in [1.29, 1.82) is 0 Å². The van der Waals surface area contributed by atoms with Gasteiger partial charge in [0.1, 0.15) is 17.7 Å². The zero-order chi connectivity index (χ0) is 27.4. The fourth-order valence-electron chi connectivity index (χ4n) is 4.87. The van der Waals surface area contributed by atoms with E-state index in [9.17, 15) is 5.11 Å². The Hall–Kier alpha value is -4.25. The molecule has 1 atom stereocenters. The van der Waals surface area contributed by atoms with Crippen molar-refractivity contribution in [3.63, 3.8) is 0 Å². The van der Waals surface area contributed by atoms with Gasteiger partial charge in [-0.3, -0.25) is 0 Å². The molecule has 0 spiro atoms. The van der Waals surface area contributed by atoms with Crippen molar-refractivity contribution < 1.29 is 19.3 Å². The fourth-order valence-corrected chi connectivity index (χ4v) is 4.87. The van der Waals surface area contributed by atoms with Crippen LogP contribution in [0.25, 0.3) is 17.3 Å². The molecule has 11 heteroatoms. The van der Waals surface area contributed by atoms with Gasteiger partial charge in [-0.2, -0.15) is 4.98 Å². The summed E-state index contributed by atoms with van der Waals surface area (Å²) in [4.78, 5) is 11.5. The number of anilines is 3. The maximum Gasteiger partial charge on any atom is 0.245 e. The van der Waals surface area contributed by atoms with Gasteiger partial charge in [0.15, 0.2) is 17.3 Å². The van der Waals surface area contributed by atoms with E-state index in [0.29, 0.717) is 34.8 Å². The molecular weight excluding hydrogens is 498 g/mol. The molecule has 0 saturated carbocycles. The Kier molecular flexibility index (Phi) is 7.87. The van der Waals surface area contributed by atoms with E-state index < -0.39 is 0 Å². The number of hydrogen-bond acceptors (Lipinski definition) is 9. The average molecular weight is 534 g/mol. The van der Waals surface area contributed by atoms with Gasteiger partial charge in [-0.05, 0) is 37.5 Å². The number of ether oxygens (including phenoxy) is 3. The molecule has 3 aromatic heterocycles. The second-order valence-electron chi connectivity index (χ2n) is 9.35. The van der Waals surface area contributed by atoms with Crippen LogP contribution in [0.3, 0.4) is 0 Å². The Bertz CT molecular complexity index is 1440. The normalized spacial score (nSPS) is 15.4. The van der Waals surface area contributed by atoms with Crippen molar-refractivity contribution in [2.45, 2.75) is 38.6 Å². The third-order valence-corrected chi connectivity index (χ3v) is 6.89. The number of aromatic nitrogens is 5. The van der Waals surface area contributed by atoms with E-state index >= 15 is 0 Å². The van der Waals surface area contributed by atoms with Crippen LogP contribution in [-0.4, -0.2) is 69.8 Å². The van der Waals surface area contributed by atoms with Crippen LogP contribution in [0.5, 0.6) is 17.2 Å². The third kappa shape index (κ3) is 5.22. The number of nitrogens with zero attached hydrogens (tertiary/aromatic N) is 6. The molecule has 1 aliphatic heterocycles. The van der Waals surface area contributed by atoms with Crippen LogP contribution in [0.15, 0.2) is 42.9 Å². The highest BCUT2D eigenvalue weighted by molar-refractivity contribution is 5.75. The first-order chi connectivity index (χ1) is 19.1. The summed E-state index contributed by atoms with van der Waals surface area (Å²) in [5.41, 5.74) is 2.59. The lowest BCUT2D eigenvalue weighted by molar-refractivity contribution is 0.265. The molecule has 0 unspecified atom stereocenters. The third-order valence-electron chi connectivity index (χ3n) is 6.89. The van der Waals surface area contributed by atoms with E-state index in [1.165, 1.54) is 0 Å². The summed E-state index contributed by atoms with van der Waals surface area (Å²) < 4.78 is 20.2. The number of imidazole rings is 1. The highest BCUT2D eigenvalue weighted by Crippen LogP contribution is 2.39. The maximum absolute atomic E-state index is 9.92. The van der Waals surface area contributed by atoms with Gasteiger partial charge in [0.2, 0.25) is 11.7 Å². The number of hydrogen-bond donors (Lipinski definition) is 2. The molecule has 0 radical (unpaired) electrons. The van der Waals surface area contributed by atoms with Crippen LogP contribution in [0.1, 0.15) is 38.3 Å². The number of aliphatic hydroxyl groups is 1. The van der Waals surface area contributed by atoms with Crippen molar-refractivity contribution in [3.05, 3.63) is 48.6 Å². The number of rotatable bonds is 11. The van der Waals surface area contributed by atoms with E-state index in [2.05, 4.69) is 34.3 Å². The topological polar surface area (TPSA) is 111 Å². The molecule has 4 heterocycles. The molecule has 0 bridgehead atoms. The Morgan fingerprint density at radius 3 is 2.62 bits per heavy atom. The van der Waals surface area contributed by atoms with Gasteiger partial charge < -0.3 is 34.1 Å². The Labute approximate surface area is 227 Å². The Morgan fingerprint density at radius 2 is 1.92 bits per heavy atom. The van der Waals surface area contributed by atoms with Crippen LogP contribution < -0.4 is 24.4 Å². The number of methoxy groups -OCH3 is 3. The summed E-state index contributed by atoms with van der Waals surface area (Å²) in [6.07, 6.45) is 11.8. The molecule has 1 fully saturated rings. The second-order valence-corrected chi connectivity index (χ2v) is 9.35. The summed E-state index contributed by atoms with van der Waals surface area (Å²) in [6, 6.07) is 7.76. The molecule has 11 nitrogen and oxygen atoms in total. The highest BCUT2D eigenvalue weighted by atomic mass is 16.5. The fraction of sp³-hybridized carbons (Fsp3) is 0.393. The van der Waals surface area contributed by atoms with Crippen LogP contribution in [0.4, 0.5) is 17.6 Å². The number of aliphatic hydroxyl groups excluding tert-OH is 1. The van der Waals surface area contributed by atoms with E-state index in [4.69, 9.17) is 24.3 Å². The van der Waals surface area contributed by atoms with Gasteiger partial charge in [0, 0.05) is 18.7 Å². The van der Waals surface area contributed by atoms with Crippen molar-refractivity contribution in [3.8, 4) is 22.9 Å². The second kappa shape index (κ2) is 11.6. The highest BCUT2D eigenvalue weighted by Gasteiger charge is 2.27. The maximum atomic E-state index is 9.92. The first-order valence-corrected chi connectivity index (χ1v) is 13.1. The number of benzene rings is 1. The molecule has 1 saturated heterocycles. The largest absolute Gasteiger partial charge is 0.493 e. The SMILES string of the molecule is CCCC=Cc1ccc2c(Nc3cn(-c4cc(OC)c(OC)c(OC)c4)cn3)nc(N3CCC[C@H]3CO)nn12. The zero-order valence-corrected chi connectivity index (χ0v) is 22.8. The quantitative estimate of drug-likeness (QED) is 0.289. The minimum atomic E-state index is 0.00388. The Morgan fingerprint density at radius 1 is 1.13 bits per heavy atom. The number of allylic oxidation sites excluding steroid dienone is 1. The minimum Gasteiger partial charge on any atom is -0.493 e. The van der Waals surface area contributed by atoms with Crippen molar-refractivity contribution in [2.24, 2.45) is 0 Å². The lowest BCUT2D eigenvalue weighted by Gasteiger charge is -2.23. The minimum absolute atomic E-state index is 0.00388. The molecule has 1 aliphatic rings. The summed E-state index contributed by atoms with van der Waals surface area (Å²) in [6.45, 7) is 3.02. The van der Waals surface area contributed by atoms with Gasteiger partial charge >= 0.3 is 0 Å². The van der Waals surface area contributed by atoms with Crippen molar-refractivity contribution >= 4 is 29.2 Å². The van der Waals surface area contributed by atoms with Crippen LogP contribution in [-0.2, 0) is 0 Å². The number of unbranched alkanes of at least 4 members (excludes halogenated alkanes) is 1. The number of fused-ring (bicyclic) bond motifs is 1. The Balaban J connectivity index is 1.52. The smallest absolute Gasteiger partial charge is 0.245 e. The summed E-state index contributed by atoms with van der Waals surface area (Å²) in [5, 5.41) is 18.2. The summed E-state index contributed by atoms with van der Waals surface area (Å²) in [7, 11) is 4.75. The van der Waals surface area contributed by atoms with Crippen LogP contribution in [0.2, 0.25) is 0 Å². The lowest BCUT2D eigenvalue weighted by atomic mass is 10.2. The first-order valence-electron chi connectivity index (χ1n) is 13.1. The van der Waals surface area contributed by atoms with Crippen molar-refractivity contribution in [1.82, 2.24) is 24.1 Å². The van der Waals surface area contributed by atoms with Gasteiger partial charge in [0.05, 0.1) is 51.6 Å². The lowest BCUT2D eigenvalue weighted by Crippen LogP contribution is -2.34. The monoisotopic (exact) mass is 533 g/mol.